The second-order valence-corrected chi connectivity index (χ2v) is 12.2. The van der Waals surface area contributed by atoms with E-state index in [0.29, 0.717) is 12.4 Å². The van der Waals surface area contributed by atoms with Crippen molar-refractivity contribution in [3.05, 3.63) is 71.4 Å². The van der Waals surface area contributed by atoms with E-state index in [4.69, 9.17) is 4.74 Å². The molecule has 14 heteroatoms. The van der Waals surface area contributed by atoms with E-state index in [1.54, 1.807) is 24.3 Å². The van der Waals surface area contributed by atoms with Crippen molar-refractivity contribution < 1.29 is 32.3 Å². The molecule has 3 N–H and O–H groups in total. The number of imide groups is 2. The zero-order valence-corrected chi connectivity index (χ0v) is 23.9. The zero-order valence-electron chi connectivity index (χ0n) is 23.0. The van der Waals surface area contributed by atoms with Crippen molar-refractivity contribution in [2.75, 3.05) is 39.0 Å². The van der Waals surface area contributed by atoms with Crippen LogP contribution in [0, 0.1) is 6.92 Å². The summed E-state index contributed by atoms with van der Waals surface area (Å²) >= 11 is 0. The molecule has 3 aromatic rings. The molecular formula is C28H30N6O7S. The number of barbiturate groups is 1. The first-order valence-electron chi connectivity index (χ1n) is 13.2. The van der Waals surface area contributed by atoms with Gasteiger partial charge in [-0.2, -0.15) is 4.31 Å². The average molecular weight is 595 g/mol. The molecule has 0 aliphatic carbocycles. The molecule has 0 saturated carbocycles. The Morgan fingerprint density at radius 3 is 2.29 bits per heavy atom. The normalized spacial score (nSPS) is 17.9. The summed E-state index contributed by atoms with van der Waals surface area (Å²) in [5.41, 5.74) is 1.05. The van der Waals surface area contributed by atoms with Crippen LogP contribution in [0.15, 0.2) is 54.6 Å². The number of pyridine rings is 1. The van der Waals surface area contributed by atoms with Crippen LogP contribution in [0.2, 0.25) is 0 Å². The third-order valence-corrected chi connectivity index (χ3v) is 8.70. The molecule has 2 saturated heterocycles. The lowest BCUT2D eigenvalue weighted by molar-refractivity contribution is -0.148. The van der Waals surface area contributed by atoms with Gasteiger partial charge in [-0.15, -0.1) is 0 Å². The second kappa shape index (κ2) is 11.5. The van der Waals surface area contributed by atoms with E-state index in [1.165, 1.54) is 9.21 Å². The maximum Gasteiger partial charge on any atom is 0.328 e. The SMILES string of the molecule is Cc1cc(COc2ccc(C(=O)NCC3(N4CCN(S(C)(=O)=O)CC4)C(=O)NC(=O)NC3=O)cc2)c2ccccc2n1. The number of para-hydroxylation sites is 1. The van der Waals surface area contributed by atoms with E-state index in [0.717, 1.165) is 28.4 Å². The summed E-state index contributed by atoms with van der Waals surface area (Å²) in [4.78, 5) is 57.0. The Bertz CT molecular complexity index is 1650. The molecule has 5 rings (SSSR count). The fourth-order valence-electron chi connectivity index (χ4n) is 5.20. The number of hydrogen-bond donors (Lipinski definition) is 3. The van der Waals surface area contributed by atoms with Gasteiger partial charge in [0, 0.05) is 48.4 Å². The van der Waals surface area contributed by atoms with Crippen molar-refractivity contribution in [1.82, 2.24) is 30.1 Å². The van der Waals surface area contributed by atoms with Crippen LogP contribution < -0.4 is 20.7 Å². The van der Waals surface area contributed by atoms with Gasteiger partial charge in [0.05, 0.1) is 18.3 Å². The smallest absolute Gasteiger partial charge is 0.328 e. The number of fused-ring (bicyclic) bond motifs is 1. The van der Waals surface area contributed by atoms with E-state index in [9.17, 15) is 27.6 Å². The van der Waals surface area contributed by atoms with Gasteiger partial charge >= 0.3 is 6.03 Å². The number of ether oxygens (including phenoxy) is 1. The summed E-state index contributed by atoms with van der Waals surface area (Å²) in [6.07, 6.45) is 1.08. The van der Waals surface area contributed by atoms with Crippen LogP contribution in [0.3, 0.4) is 0 Å². The minimum absolute atomic E-state index is 0.0380. The first-order valence-corrected chi connectivity index (χ1v) is 15.1. The lowest BCUT2D eigenvalue weighted by Gasteiger charge is -2.45. The number of aryl methyl sites for hydroxylation is 1. The molecule has 42 heavy (non-hydrogen) atoms. The summed E-state index contributed by atoms with van der Waals surface area (Å²) < 4.78 is 31.1. The van der Waals surface area contributed by atoms with Gasteiger partial charge in [-0.1, -0.05) is 18.2 Å². The van der Waals surface area contributed by atoms with Gasteiger partial charge in [-0.05, 0) is 43.3 Å². The fourth-order valence-corrected chi connectivity index (χ4v) is 6.02. The number of nitrogens with zero attached hydrogens (tertiary/aromatic N) is 3. The summed E-state index contributed by atoms with van der Waals surface area (Å²) in [6, 6.07) is 15.2. The summed E-state index contributed by atoms with van der Waals surface area (Å²) in [6.45, 7) is 1.93. The molecule has 0 radical (unpaired) electrons. The molecule has 2 aliphatic rings. The van der Waals surface area contributed by atoms with E-state index >= 15 is 0 Å². The molecule has 2 fully saturated rings. The number of amides is 5. The predicted molar refractivity (Wildman–Crippen MR) is 152 cm³/mol. The number of hydrogen-bond acceptors (Lipinski definition) is 9. The topological polar surface area (TPSA) is 167 Å². The Balaban J connectivity index is 1.27. The number of rotatable bonds is 8. The molecule has 0 spiro atoms. The number of aromatic nitrogens is 1. The van der Waals surface area contributed by atoms with Gasteiger partial charge in [-0.25, -0.2) is 13.2 Å². The minimum atomic E-state index is -3.46. The third kappa shape index (κ3) is 5.82. The highest BCUT2D eigenvalue weighted by Crippen LogP contribution is 2.23. The Morgan fingerprint density at radius 1 is 1.00 bits per heavy atom. The fraction of sp³-hybridized carbons (Fsp3) is 0.321. The molecule has 5 amide bonds. The van der Waals surface area contributed by atoms with Crippen molar-refractivity contribution in [1.29, 1.82) is 0 Å². The molecule has 0 unspecified atom stereocenters. The van der Waals surface area contributed by atoms with Crippen LogP contribution in [0.5, 0.6) is 5.75 Å². The predicted octanol–water partition coefficient (Wildman–Crippen LogP) is 0.534. The zero-order chi connectivity index (χ0) is 30.1. The van der Waals surface area contributed by atoms with Crippen LogP contribution in [0.1, 0.15) is 21.6 Å². The quantitative estimate of drug-likeness (QED) is 0.315. The number of urea groups is 1. The molecule has 0 atom stereocenters. The number of carbonyl (C=O) groups is 4. The van der Waals surface area contributed by atoms with Crippen LogP contribution in [0.25, 0.3) is 10.9 Å². The van der Waals surface area contributed by atoms with Crippen molar-refractivity contribution in [2.24, 2.45) is 0 Å². The minimum Gasteiger partial charge on any atom is -0.489 e. The number of piperazine rings is 1. The van der Waals surface area contributed by atoms with Crippen molar-refractivity contribution >= 4 is 44.7 Å². The number of nitrogens with one attached hydrogen (secondary N) is 3. The highest BCUT2D eigenvalue weighted by molar-refractivity contribution is 7.88. The molecule has 0 bridgehead atoms. The number of carbonyl (C=O) groups excluding carboxylic acids is 4. The highest BCUT2D eigenvalue weighted by atomic mass is 32.2. The molecule has 220 valence electrons. The van der Waals surface area contributed by atoms with Gasteiger partial charge in [0.2, 0.25) is 10.0 Å². The Hall–Kier alpha value is -4.40. The van der Waals surface area contributed by atoms with Crippen LogP contribution in [-0.2, 0) is 26.2 Å². The molecule has 13 nitrogen and oxygen atoms in total. The molecule has 2 aromatic carbocycles. The van der Waals surface area contributed by atoms with Crippen LogP contribution in [0.4, 0.5) is 4.79 Å². The third-order valence-electron chi connectivity index (χ3n) is 7.40. The summed E-state index contributed by atoms with van der Waals surface area (Å²) in [7, 11) is -3.46. The number of sulfonamides is 1. The molecule has 1 aromatic heterocycles. The van der Waals surface area contributed by atoms with Crippen molar-refractivity contribution in [3.8, 4) is 5.75 Å². The lowest BCUT2D eigenvalue weighted by Crippen LogP contribution is -2.78. The van der Waals surface area contributed by atoms with Gasteiger partial charge in [-0.3, -0.25) is 34.9 Å². The van der Waals surface area contributed by atoms with E-state index in [1.807, 2.05) is 37.3 Å². The van der Waals surface area contributed by atoms with Gasteiger partial charge in [0.1, 0.15) is 12.4 Å². The van der Waals surface area contributed by atoms with Crippen molar-refractivity contribution in [2.45, 2.75) is 19.1 Å². The van der Waals surface area contributed by atoms with E-state index < -0.39 is 45.9 Å². The van der Waals surface area contributed by atoms with Gasteiger partial charge < -0.3 is 10.1 Å². The maximum atomic E-state index is 13.1. The standard InChI is InChI=1S/C28H30N6O7S/c1-18-15-20(22-5-3-4-6-23(22)30-18)16-41-21-9-7-19(8-10-21)24(35)29-17-28(25(36)31-27(38)32-26(28)37)33-11-13-34(14-12-33)42(2,39)40/h3-10,15H,11-14,16-17H2,1-2H3,(H,29,35)(H2,31,32,36,37,38). The maximum absolute atomic E-state index is 13.1. The lowest BCUT2D eigenvalue weighted by atomic mass is 9.91. The monoisotopic (exact) mass is 594 g/mol. The largest absolute Gasteiger partial charge is 0.489 e. The Labute approximate surface area is 242 Å². The molecule has 2 aliphatic heterocycles. The molecule has 3 heterocycles. The van der Waals surface area contributed by atoms with Crippen molar-refractivity contribution in [3.63, 3.8) is 0 Å². The van der Waals surface area contributed by atoms with E-state index in [-0.39, 0.29) is 31.7 Å². The van der Waals surface area contributed by atoms with Gasteiger partial charge in [0.15, 0.2) is 5.54 Å². The second-order valence-electron chi connectivity index (χ2n) is 10.2. The van der Waals surface area contributed by atoms with E-state index in [2.05, 4.69) is 20.9 Å². The first-order chi connectivity index (χ1) is 20.0. The van der Waals surface area contributed by atoms with Gasteiger partial charge in [0.25, 0.3) is 17.7 Å². The van der Waals surface area contributed by atoms with Crippen LogP contribution in [-0.4, -0.2) is 90.9 Å². The summed E-state index contributed by atoms with van der Waals surface area (Å²) in [5, 5.41) is 7.82. The molecular weight excluding hydrogens is 564 g/mol. The van der Waals surface area contributed by atoms with Crippen LogP contribution >= 0.6 is 0 Å². The average Bonchev–Trinajstić information content (AvgIpc) is 2.95. The first kappa shape index (κ1) is 29.1. The number of benzene rings is 2. The highest BCUT2D eigenvalue weighted by Gasteiger charge is 2.55. The Morgan fingerprint density at radius 2 is 1.64 bits per heavy atom. The Kier molecular flexibility index (Phi) is 7.95. The summed E-state index contributed by atoms with van der Waals surface area (Å²) in [5.74, 6) is -1.81.